The maximum Gasteiger partial charge on any atom is 0.269 e. The molecule has 0 radical (unpaired) electrons. The second-order valence-corrected chi connectivity index (χ2v) is 6.71. The van der Waals surface area contributed by atoms with Crippen LogP contribution >= 0.6 is 0 Å². The summed E-state index contributed by atoms with van der Waals surface area (Å²) in [5.41, 5.74) is 1.12. The van der Waals surface area contributed by atoms with Crippen LogP contribution in [0.3, 0.4) is 0 Å². The van der Waals surface area contributed by atoms with E-state index in [9.17, 15) is 15.2 Å². The van der Waals surface area contributed by atoms with Crippen LogP contribution in [0.15, 0.2) is 36.7 Å². The zero-order valence-corrected chi connectivity index (χ0v) is 15.2. The number of morpholine rings is 1. The number of aryl methyl sites for hydroxylation is 1. The first-order chi connectivity index (χ1) is 13.0. The van der Waals surface area contributed by atoms with Crippen molar-refractivity contribution in [2.75, 3.05) is 32.8 Å². The average molecular weight is 376 g/mol. The van der Waals surface area contributed by atoms with E-state index in [0.29, 0.717) is 32.0 Å². The van der Waals surface area contributed by atoms with Gasteiger partial charge in [-0.15, -0.1) is 0 Å². The van der Waals surface area contributed by atoms with Crippen LogP contribution in [-0.2, 0) is 11.3 Å². The van der Waals surface area contributed by atoms with Crippen LogP contribution in [-0.4, -0.2) is 69.8 Å². The molecule has 1 fully saturated rings. The molecule has 0 aliphatic carbocycles. The minimum Gasteiger partial charge on any atom is -0.491 e. The molecule has 1 aromatic heterocycles. The summed E-state index contributed by atoms with van der Waals surface area (Å²) in [5.74, 6) is 0.494. The SMILES string of the molecule is Cc1cnn(CC2CN(CC(O)COc3ccc([N+](=O)[O-])cc3)CCO2)c1. The van der Waals surface area contributed by atoms with E-state index in [1.165, 1.54) is 24.3 Å². The number of nitrogens with zero attached hydrogens (tertiary/aromatic N) is 4. The lowest BCUT2D eigenvalue weighted by Crippen LogP contribution is -2.47. The molecule has 27 heavy (non-hydrogen) atoms. The molecule has 2 atom stereocenters. The number of ether oxygens (including phenoxy) is 2. The lowest BCUT2D eigenvalue weighted by molar-refractivity contribution is -0.384. The van der Waals surface area contributed by atoms with E-state index in [2.05, 4.69) is 10.00 Å². The smallest absolute Gasteiger partial charge is 0.269 e. The van der Waals surface area contributed by atoms with Gasteiger partial charge in [0.2, 0.25) is 0 Å². The standard InChI is InChI=1S/C18H24N4O5/c1-14-8-19-21(9-14)12-18-11-20(6-7-26-18)10-16(23)13-27-17-4-2-15(3-5-17)22(24)25/h2-5,8-9,16,18,23H,6-7,10-13H2,1H3. The summed E-state index contributed by atoms with van der Waals surface area (Å²) in [7, 11) is 0. The molecule has 2 aromatic rings. The molecule has 1 aliphatic heterocycles. The molecule has 3 rings (SSSR count). The fourth-order valence-corrected chi connectivity index (χ4v) is 3.04. The van der Waals surface area contributed by atoms with Gasteiger partial charge in [-0.05, 0) is 24.6 Å². The van der Waals surface area contributed by atoms with Gasteiger partial charge >= 0.3 is 0 Å². The Kier molecular flexibility index (Phi) is 6.38. The Morgan fingerprint density at radius 2 is 2.22 bits per heavy atom. The highest BCUT2D eigenvalue weighted by Crippen LogP contribution is 2.17. The lowest BCUT2D eigenvalue weighted by atomic mass is 10.2. The number of rotatable bonds is 8. The molecule has 2 unspecified atom stereocenters. The van der Waals surface area contributed by atoms with E-state index in [4.69, 9.17) is 9.47 Å². The van der Waals surface area contributed by atoms with Crippen molar-refractivity contribution in [3.8, 4) is 5.75 Å². The molecule has 2 heterocycles. The molecule has 0 bridgehead atoms. The van der Waals surface area contributed by atoms with Gasteiger partial charge in [0.25, 0.3) is 5.69 Å². The highest BCUT2D eigenvalue weighted by Gasteiger charge is 2.23. The number of non-ortho nitro benzene ring substituents is 1. The van der Waals surface area contributed by atoms with E-state index in [0.717, 1.165) is 12.1 Å². The largest absolute Gasteiger partial charge is 0.491 e. The topological polar surface area (TPSA) is 103 Å². The molecule has 9 heteroatoms. The van der Waals surface area contributed by atoms with Crippen molar-refractivity contribution in [1.29, 1.82) is 0 Å². The van der Waals surface area contributed by atoms with E-state index in [-0.39, 0.29) is 18.4 Å². The second kappa shape index (κ2) is 8.94. The van der Waals surface area contributed by atoms with Crippen LogP contribution < -0.4 is 4.74 Å². The lowest BCUT2D eigenvalue weighted by Gasteiger charge is -2.33. The van der Waals surface area contributed by atoms with Crippen molar-refractivity contribution in [1.82, 2.24) is 14.7 Å². The van der Waals surface area contributed by atoms with Crippen molar-refractivity contribution in [2.45, 2.75) is 25.7 Å². The number of aliphatic hydroxyl groups excluding tert-OH is 1. The number of nitro benzene ring substituents is 1. The van der Waals surface area contributed by atoms with Crippen LogP contribution in [0.4, 0.5) is 5.69 Å². The Labute approximate surface area is 157 Å². The van der Waals surface area contributed by atoms with Crippen LogP contribution in [0.1, 0.15) is 5.56 Å². The van der Waals surface area contributed by atoms with Crippen molar-refractivity contribution >= 4 is 5.69 Å². The molecule has 1 aliphatic rings. The average Bonchev–Trinajstić information content (AvgIpc) is 3.05. The summed E-state index contributed by atoms with van der Waals surface area (Å²) in [6.45, 7) is 5.36. The van der Waals surface area contributed by atoms with Crippen LogP contribution in [0.5, 0.6) is 5.75 Å². The zero-order valence-electron chi connectivity index (χ0n) is 15.2. The predicted octanol–water partition coefficient (Wildman–Crippen LogP) is 1.24. The van der Waals surface area contributed by atoms with Gasteiger partial charge in [-0.1, -0.05) is 0 Å². The Morgan fingerprint density at radius 3 is 2.89 bits per heavy atom. The maximum atomic E-state index is 10.6. The van der Waals surface area contributed by atoms with E-state index in [1.54, 1.807) is 0 Å². The summed E-state index contributed by atoms with van der Waals surface area (Å²) >= 11 is 0. The molecule has 146 valence electrons. The van der Waals surface area contributed by atoms with Gasteiger partial charge in [-0.3, -0.25) is 19.7 Å². The van der Waals surface area contributed by atoms with Gasteiger partial charge < -0.3 is 14.6 Å². The summed E-state index contributed by atoms with van der Waals surface area (Å²) in [5, 5.41) is 25.2. The second-order valence-electron chi connectivity index (χ2n) is 6.71. The van der Waals surface area contributed by atoms with Gasteiger partial charge in [-0.25, -0.2) is 0 Å². The predicted molar refractivity (Wildman–Crippen MR) is 97.7 cm³/mol. The summed E-state index contributed by atoms with van der Waals surface area (Å²) in [6.07, 6.45) is 3.17. The van der Waals surface area contributed by atoms with Crippen LogP contribution in [0.2, 0.25) is 0 Å². The number of benzene rings is 1. The first-order valence-corrected chi connectivity index (χ1v) is 8.88. The quantitative estimate of drug-likeness (QED) is 0.546. The van der Waals surface area contributed by atoms with Crippen molar-refractivity contribution in [3.05, 3.63) is 52.3 Å². The molecule has 1 N–H and O–H groups in total. The molecule has 1 saturated heterocycles. The third-order valence-electron chi connectivity index (χ3n) is 4.33. The Balaban J connectivity index is 1.42. The number of hydrogen-bond acceptors (Lipinski definition) is 7. The van der Waals surface area contributed by atoms with Gasteiger partial charge in [-0.2, -0.15) is 5.10 Å². The van der Waals surface area contributed by atoms with Crippen molar-refractivity contribution in [3.63, 3.8) is 0 Å². The molecule has 0 amide bonds. The number of aromatic nitrogens is 2. The van der Waals surface area contributed by atoms with Crippen molar-refractivity contribution < 1.29 is 19.5 Å². The summed E-state index contributed by atoms with van der Waals surface area (Å²) in [4.78, 5) is 12.3. The molecular formula is C18H24N4O5. The van der Waals surface area contributed by atoms with Gasteiger partial charge in [0.15, 0.2) is 0 Å². The third kappa shape index (κ3) is 5.75. The fourth-order valence-electron chi connectivity index (χ4n) is 3.04. The van der Waals surface area contributed by atoms with E-state index in [1.807, 2.05) is 24.0 Å². The van der Waals surface area contributed by atoms with Crippen LogP contribution in [0, 0.1) is 17.0 Å². The highest BCUT2D eigenvalue weighted by molar-refractivity contribution is 5.35. The van der Waals surface area contributed by atoms with Crippen molar-refractivity contribution in [2.24, 2.45) is 0 Å². The highest BCUT2D eigenvalue weighted by atomic mass is 16.6. The van der Waals surface area contributed by atoms with E-state index >= 15 is 0 Å². The molecular weight excluding hydrogens is 352 g/mol. The van der Waals surface area contributed by atoms with Gasteiger partial charge in [0.1, 0.15) is 18.5 Å². The molecule has 0 saturated carbocycles. The van der Waals surface area contributed by atoms with E-state index < -0.39 is 11.0 Å². The molecule has 0 spiro atoms. The Bertz CT molecular complexity index is 748. The molecule has 9 nitrogen and oxygen atoms in total. The summed E-state index contributed by atoms with van der Waals surface area (Å²) in [6, 6.07) is 5.82. The number of β-amino-alcohol motifs (C(OH)–C–C–N with tert-alkyl or cyclic N) is 1. The van der Waals surface area contributed by atoms with Crippen LogP contribution in [0.25, 0.3) is 0 Å². The summed E-state index contributed by atoms with van der Waals surface area (Å²) < 4.78 is 13.2. The van der Waals surface area contributed by atoms with Gasteiger partial charge in [0.05, 0.1) is 30.4 Å². The Hall–Kier alpha value is -2.49. The third-order valence-corrected chi connectivity index (χ3v) is 4.33. The minimum absolute atomic E-state index is 0.00892. The zero-order chi connectivity index (χ0) is 19.2. The minimum atomic E-state index is -0.661. The fraction of sp³-hybridized carbons (Fsp3) is 0.500. The monoisotopic (exact) mass is 376 g/mol. The first-order valence-electron chi connectivity index (χ1n) is 8.88. The number of aliphatic hydroxyl groups is 1. The molecule has 1 aromatic carbocycles. The normalized spacial score (nSPS) is 19.0. The number of nitro groups is 1. The maximum absolute atomic E-state index is 10.6. The first kappa shape index (κ1) is 19.3. The number of hydrogen-bond donors (Lipinski definition) is 1. The Morgan fingerprint density at radius 1 is 1.44 bits per heavy atom. The van der Waals surface area contributed by atoms with Gasteiger partial charge in [0, 0.05) is 38.0 Å².